The average Bonchev–Trinajstić information content (AvgIpc) is 3.34. The molecular formula is C17H21N3O4. The highest BCUT2D eigenvalue weighted by molar-refractivity contribution is 5.98. The molecule has 1 saturated carbocycles. The Labute approximate surface area is 140 Å². The fourth-order valence-corrected chi connectivity index (χ4v) is 2.10. The summed E-state index contributed by atoms with van der Waals surface area (Å²) in [4.78, 5) is 35.1. The third kappa shape index (κ3) is 5.42. The third-order valence-electron chi connectivity index (χ3n) is 3.56. The van der Waals surface area contributed by atoms with Crippen molar-refractivity contribution in [3.05, 3.63) is 42.5 Å². The number of benzene rings is 1. The lowest BCUT2D eigenvalue weighted by atomic mass is 10.1. The van der Waals surface area contributed by atoms with Crippen molar-refractivity contribution in [1.29, 1.82) is 0 Å². The van der Waals surface area contributed by atoms with Gasteiger partial charge >= 0.3 is 12.0 Å². The number of nitrogens with one attached hydrogen (secondary N) is 3. The highest BCUT2D eigenvalue weighted by Crippen LogP contribution is 2.19. The van der Waals surface area contributed by atoms with Gasteiger partial charge in [0, 0.05) is 17.3 Å². The van der Waals surface area contributed by atoms with Crippen LogP contribution in [-0.4, -0.2) is 35.1 Å². The minimum absolute atomic E-state index is 0.234. The first-order chi connectivity index (χ1) is 11.5. The number of anilines is 1. The topological polar surface area (TPSA) is 108 Å². The number of allylic oxidation sites excluding steroid dienone is 1. The van der Waals surface area contributed by atoms with Crippen LogP contribution in [0.25, 0.3) is 0 Å². The minimum Gasteiger partial charge on any atom is -0.480 e. The van der Waals surface area contributed by atoms with Gasteiger partial charge in [0.25, 0.3) is 5.91 Å². The summed E-state index contributed by atoms with van der Waals surface area (Å²) in [6.07, 6.45) is 4.33. The zero-order valence-electron chi connectivity index (χ0n) is 13.2. The van der Waals surface area contributed by atoms with E-state index in [0.717, 1.165) is 12.8 Å². The lowest BCUT2D eigenvalue weighted by Crippen LogP contribution is -2.40. The summed E-state index contributed by atoms with van der Waals surface area (Å²) in [5, 5.41) is 17.1. The molecule has 0 saturated heterocycles. The summed E-state index contributed by atoms with van der Waals surface area (Å²) in [7, 11) is 0. The molecule has 24 heavy (non-hydrogen) atoms. The van der Waals surface area contributed by atoms with Crippen LogP contribution in [0.15, 0.2) is 36.9 Å². The van der Waals surface area contributed by atoms with Crippen molar-refractivity contribution in [2.24, 2.45) is 0 Å². The molecule has 7 nitrogen and oxygen atoms in total. The SMILES string of the molecule is C=CCCC(NC(=O)c1cccc(NC(=O)NC2CC2)c1)C(=O)O. The minimum atomic E-state index is -1.09. The van der Waals surface area contributed by atoms with Crippen LogP contribution >= 0.6 is 0 Å². The highest BCUT2D eigenvalue weighted by Gasteiger charge is 2.23. The summed E-state index contributed by atoms with van der Waals surface area (Å²) >= 11 is 0. The van der Waals surface area contributed by atoms with Crippen molar-refractivity contribution in [2.45, 2.75) is 37.8 Å². The quantitative estimate of drug-likeness (QED) is 0.547. The van der Waals surface area contributed by atoms with Crippen molar-refractivity contribution in [2.75, 3.05) is 5.32 Å². The van der Waals surface area contributed by atoms with Gasteiger partial charge in [-0.1, -0.05) is 12.1 Å². The molecule has 4 N–H and O–H groups in total. The van der Waals surface area contributed by atoms with E-state index in [0.29, 0.717) is 12.1 Å². The van der Waals surface area contributed by atoms with Crippen molar-refractivity contribution in [1.82, 2.24) is 10.6 Å². The number of carboxylic acid groups (broad SMARTS) is 1. The maximum atomic E-state index is 12.2. The molecule has 0 spiro atoms. The van der Waals surface area contributed by atoms with Crippen molar-refractivity contribution in [3.8, 4) is 0 Å². The second kappa shape index (κ2) is 8.14. The zero-order chi connectivity index (χ0) is 17.5. The summed E-state index contributed by atoms with van der Waals surface area (Å²) in [5.74, 6) is -1.60. The predicted octanol–water partition coefficient (Wildman–Crippen LogP) is 2.12. The Morgan fingerprint density at radius 2 is 2.08 bits per heavy atom. The Morgan fingerprint density at radius 1 is 1.33 bits per heavy atom. The number of carbonyl (C=O) groups excluding carboxylic acids is 2. The van der Waals surface area contributed by atoms with E-state index in [-0.39, 0.29) is 24.1 Å². The lowest BCUT2D eigenvalue weighted by Gasteiger charge is -2.14. The Morgan fingerprint density at radius 3 is 2.71 bits per heavy atom. The molecule has 0 radical (unpaired) electrons. The van der Waals surface area contributed by atoms with Gasteiger partial charge in [-0.25, -0.2) is 9.59 Å². The van der Waals surface area contributed by atoms with Gasteiger partial charge in [0.05, 0.1) is 0 Å². The van der Waals surface area contributed by atoms with Crippen molar-refractivity contribution >= 4 is 23.6 Å². The van der Waals surface area contributed by atoms with E-state index >= 15 is 0 Å². The molecule has 1 atom stereocenters. The molecule has 3 amide bonds. The van der Waals surface area contributed by atoms with Gasteiger partial charge in [0.15, 0.2) is 0 Å². The zero-order valence-corrected chi connectivity index (χ0v) is 13.2. The molecule has 1 fully saturated rings. The molecule has 1 aliphatic rings. The maximum absolute atomic E-state index is 12.2. The van der Waals surface area contributed by atoms with E-state index in [1.165, 1.54) is 6.07 Å². The molecule has 0 aromatic heterocycles. The van der Waals surface area contributed by atoms with Gasteiger partial charge in [-0.05, 0) is 43.9 Å². The van der Waals surface area contributed by atoms with E-state index in [1.54, 1.807) is 24.3 Å². The standard InChI is InChI=1S/C17H21N3O4/c1-2-3-7-14(16(22)23)20-15(21)11-5-4-6-13(10-11)19-17(24)18-12-8-9-12/h2,4-6,10,12,14H,1,3,7-9H2,(H,20,21)(H,22,23)(H2,18,19,24). The van der Waals surface area contributed by atoms with Gasteiger partial charge in [0.2, 0.25) is 0 Å². The molecule has 0 aliphatic heterocycles. The van der Waals surface area contributed by atoms with Crippen LogP contribution < -0.4 is 16.0 Å². The molecule has 0 heterocycles. The number of hydrogen-bond acceptors (Lipinski definition) is 3. The highest BCUT2D eigenvalue weighted by atomic mass is 16.4. The first-order valence-electron chi connectivity index (χ1n) is 7.81. The van der Waals surface area contributed by atoms with Crippen molar-refractivity contribution in [3.63, 3.8) is 0 Å². The summed E-state index contributed by atoms with van der Waals surface area (Å²) in [6.45, 7) is 3.54. The van der Waals surface area contributed by atoms with Crippen LogP contribution in [-0.2, 0) is 4.79 Å². The first kappa shape index (κ1) is 17.5. The number of carbonyl (C=O) groups is 3. The fraction of sp³-hybridized carbons (Fsp3) is 0.353. The normalized spacial score (nSPS) is 14.3. The van der Waals surface area contributed by atoms with Gasteiger partial charge in [-0.2, -0.15) is 0 Å². The Hall–Kier alpha value is -2.83. The molecule has 128 valence electrons. The number of rotatable bonds is 8. The maximum Gasteiger partial charge on any atom is 0.326 e. The summed E-state index contributed by atoms with van der Waals surface area (Å²) in [5.41, 5.74) is 0.753. The molecule has 0 bridgehead atoms. The Bertz CT molecular complexity index is 640. The molecule has 1 aromatic carbocycles. The first-order valence-corrected chi connectivity index (χ1v) is 7.81. The molecule has 7 heteroatoms. The van der Waals surface area contributed by atoms with Crippen LogP contribution in [0.3, 0.4) is 0 Å². The van der Waals surface area contributed by atoms with E-state index in [4.69, 9.17) is 5.11 Å². The van der Waals surface area contributed by atoms with Crippen molar-refractivity contribution < 1.29 is 19.5 Å². The second-order valence-corrected chi connectivity index (χ2v) is 5.68. The van der Waals surface area contributed by atoms with E-state index in [2.05, 4.69) is 22.5 Å². The van der Waals surface area contributed by atoms with Crippen LogP contribution in [0.1, 0.15) is 36.0 Å². The molecule has 1 aliphatic carbocycles. The number of carboxylic acids is 1. The smallest absolute Gasteiger partial charge is 0.326 e. The van der Waals surface area contributed by atoms with E-state index in [9.17, 15) is 14.4 Å². The van der Waals surface area contributed by atoms with Crippen LogP contribution in [0.4, 0.5) is 10.5 Å². The van der Waals surface area contributed by atoms with Gasteiger partial charge < -0.3 is 21.1 Å². The van der Waals surface area contributed by atoms with Gasteiger partial charge in [-0.15, -0.1) is 6.58 Å². The molecular weight excluding hydrogens is 310 g/mol. The molecule has 2 rings (SSSR count). The number of amides is 3. The largest absolute Gasteiger partial charge is 0.480 e. The second-order valence-electron chi connectivity index (χ2n) is 5.68. The number of aliphatic carboxylic acids is 1. The fourth-order valence-electron chi connectivity index (χ4n) is 2.10. The Kier molecular flexibility index (Phi) is 5.95. The van der Waals surface area contributed by atoms with Crippen LogP contribution in [0, 0.1) is 0 Å². The van der Waals surface area contributed by atoms with Crippen LogP contribution in [0.5, 0.6) is 0 Å². The van der Waals surface area contributed by atoms with Gasteiger partial charge in [-0.3, -0.25) is 4.79 Å². The lowest BCUT2D eigenvalue weighted by molar-refractivity contribution is -0.139. The third-order valence-corrected chi connectivity index (χ3v) is 3.56. The number of hydrogen-bond donors (Lipinski definition) is 4. The average molecular weight is 331 g/mol. The predicted molar refractivity (Wildman–Crippen MR) is 89.9 cm³/mol. The molecule has 1 aromatic rings. The summed E-state index contributed by atoms with van der Waals surface area (Å²) in [6, 6.07) is 5.30. The monoisotopic (exact) mass is 331 g/mol. The van der Waals surface area contributed by atoms with Gasteiger partial charge in [0.1, 0.15) is 6.04 Å². The Balaban J connectivity index is 1.97. The summed E-state index contributed by atoms with van der Waals surface area (Å²) < 4.78 is 0. The van der Waals surface area contributed by atoms with Crippen LogP contribution in [0.2, 0.25) is 0 Å². The number of urea groups is 1. The van der Waals surface area contributed by atoms with E-state index < -0.39 is 17.9 Å². The van der Waals surface area contributed by atoms with E-state index in [1.807, 2.05) is 0 Å². The molecule has 1 unspecified atom stereocenters.